The highest BCUT2D eigenvalue weighted by molar-refractivity contribution is 5.91. The summed E-state index contributed by atoms with van der Waals surface area (Å²) in [7, 11) is 1.95. The van der Waals surface area contributed by atoms with E-state index in [1.54, 1.807) is 17.0 Å². The monoisotopic (exact) mass is 347 g/mol. The molecular formula is C19H29N3O3. The molecule has 2 aliphatic rings. The predicted molar refractivity (Wildman–Crippen MR) is 95.3 cm³/mol. The fourth-order valence-electron chi connectivity index (χ4n) is 3.97. The lowest BCUT2D eigenvalue weighted by molar-refractivity contribution is -0.138. The molecule has 0 N–H and O–H groups in total. The molecule has 1 saturated heterocycles. The Morgan fingerprint density at radius 1 is 1.16 bits per heavy atom. The summed E-state index contributed by atoms with van der Waals surface area (Å²) in [5.74, 6) is 0.523. The summed E-state index contributed by atoms with van der Waals surface area (Å²) in [5.41, 5.74) is 0. The maximum absolute atomic E-state index is 12.8. The van der Waals surface area contributed by atoms with Gasteiger partial charge in [-0.3, -0.25) is 14.5 Å². The van der Waals surface area contributed by atoms with Gasteiger partial charge in [0.05, 0.1) is 12.3 Å². The van der Waals surface area contributed by atoms with Crippen molar-refractivity contribution >= 4 is 11.8 Å². The average Bonchev–Trinajstić information content (AvgIpc) is 3.21. The van der Waals surface area contributed by atoms with Gasteiger partial charge in [0, 0.05) is 39.3 Å². The first-order chi connectivity index (χ1) is 12.1. The maximum atomic E-state index is 12.8. The molecule has 1 saturated carbocycles. The first-order valence-electron chi connectivity index (χ1n) is 9.41. The van der Waals surface area contributed by atoms with E-state index in [2.05, 4.69) is 4.90 Å². The Bertz CT molecular complexity index is 573. The standard InChI is InChI=1S/C19H29N3O3/c1-15(18(23)20(2)16-7-4-3-5-8-16)21-10-12-22(13-11-21)19(24)17-9-6-14-25-17/h6,9,14-16H,3-5,7-8,10-13H2,1-2H3. The van der Waals surface area contributed by atoms with Gasteiger partial charge in [0.15, 0.2) is 5.76 Å². The number of furan rings is 1. The summed E-state index contributed by atoms with van der Waals surface area (Å²) in [6, 6.07) is 3.68. The highest BCUT2D eigenvalue weighted by atomic mass is 16.3. The van der Waals surface area contributed by atoms with E-state index in [1.165, 1.54) is 25.5 Å². The van der Waals surface area contributed by atoms with Crippen LogP contribution in [0.5, 0.6) is 0 Å². The summed E-state index contributed by atoms with van der Waals surface area (Å²) in [5, 5.41) is 0. The van der Waals surface area contributed by atoms with E-state index in [0.717, 1.165) is 25.9 Å². The summed E-state index contributed by atoms with van der Waals surface area (Å²) < 4.78 is 5.19. The second-order valence-corrected chi connectivity index (χ2v) is 7.22. The largest absolute Gasteiger partial charge is 0.459 e. The van der Waals surface area contributed by atoms with Crippen molar-refractivity contribution in [3.8, 4) is 0 Å². The first-order valence-corrected chi connectivity index (χ1v) is 9.41. The van der Waals surface area contributed by atoms with Crippen molar-refractivity contribution in [2.45, 2.75) is 51.1 Å². The Balaban J connectivity index is 1.51. The van der Waals surface area contributed by atoms with E-state index in [-0.39, 0.29) is 17.9 Å². The van der Waals surface area contributed by atoms with Gasteiger partial charge in [-0.05, 0) is 31.9 Å². The molecule has 0 radical (unpaired) electrons. The van der Waals surface area contributed by atoms with Gasteiger partial charge in [-0.1, -0.05) is 19.3 Å². The van der Waals surface area contributed by atoms with Gasteiger partial charge in [0.1, 0.15) is 0 Å². The quantitative estimate of drug-likeness (QED) is 0.838. The normalized spacial score (nSPS) is 21.1. The molecule has 6 nitrogen and oxygen atoms in total. The zero-order chi connectivity index (χ0) is 17.8. The molecule has 2 fully saturated rings. The molecule has 0 spiro atoms. The maximum Gasteiger partial charge on any atom is 0.289 e. The van der Waals surface area contributed by atoms with E-state index in [4.69, 9.17) is 4.42 Å². The highest BCUT2D eigenvalue weighted by Crippen LogP contribution is 2.23. The van der Waals surface area contributed by atoms with Gasteiger partial charge < -0.3 is 14.2 Å². The second kappa shape index (κ2) is 8.04. The third-order valence-electron chi connectivity index (χ3n) is 5.71. The zero-order valence-electron chi connectivity index (χ0n) is 15.3. The molecule has 3 rings (SSSR count). The number of carbonyl (C=O) groups is 2. The summed E-state index contributed by atoms with van der Waals surface area (Å²) >= 11 is 0. The molecule has 138 valence electrons. The number of carbonyl (C=O) groups excluding carboxylic acids is 2. The molecule has 1 aliphatic heterocycles. The number of nitrogens with zero attached hydrogens (tertiary/aromatic N) is 3. The summed E-state index contributed by atoms with van der Waals surface area (Å²) in [6.07, 6.45) is 7.51. The number of piperazine rings is 1. The Kier molecular flexibility index (Phi) is 5.78. The van der Waals surface area contributed by atoms with Crippen LogP contribution in [0.3, 0.4) is 0 Å². The second-order valence-electron chi connectivity index (χ2n) is 7.22. The molecule has 0 aromatic carbocycles. The Hall–Kier alpha value is -1.82. The SMILES string of the molecule is CC(C(=O)N(C)C1CCCCC1)N1CCN(C(=O)c2ccco2)CC1. The molecule has 25 heavy (non-hydrogen) atoms. The number of hydrogen-bond acceptors (Lipinski definition) is 4. The number of likely N-dealkylation sites (N-methyl/N-ethyl adjacent to an activating group) is 1. The number of hydrogen-bond donors (Lipinski definition) is 0. The van der Waals surface area contributed by atoms with E-state index in [1.807, 2.05) is 18.9 Å². The van der Waals surface area contributed by atoms with Crippen molar-refractivity contribution in [1.82, 2.24) is 14.7 Å². The van der Waals surface area contributed by atoms with Crippen molar-refractivity contribution in [3.05, 3.63) is 24.2 Å². The van der Waals surface area contributed by atoms with E-state index >= 15 is 0 Å². The van der Waals surface area contributed by atoms with E-state index in [9.17, 15) is 9.59 Å². The van der Waals surface area contributed by atoms with Crippen molar-refractivity contribution < 1.29 is 14.0 Å². The molecular weight excluding hydrogens is 318 g/mol. The van der Waals surface area contributed by atoms with Crippen LogP contribution in [0.4, 0.5) is 0 Å². The van der Waals surface area contributed by atoms with Crippen molar-refractivity contribution in [1.29, 1.82) is 0 Å². The van der Waals surface area contributed by atoms with E-state index in [0.29, 0.717) is 24.9 Å². The van der Waals surface area contributed by atoms with Gasteiger partial charge in [-0.25, -0.2) is 0 Å². The number of rotatable bonds is 4. The molecule has 1 aliphatic carbocycles. The van der Waals surface area contributed by atoms with Gasteiger partial charge in [0.25, 0.3) is 5.91 Å². The van der Waals surface area contributed by atoms with Crippen LogP contribution in [-0.4, -0.2) is 71.8 Å². The van der Waals surface area contributed by atoms with Gasteiger partial charge in [-0.15, -0.1) is 0 Å². The van der Waals surface area contributed by atoms with Crippen LogP contribution < -0.4 is 0 Å². The lowest BCUT2D eigenvalue weighted by Crippen LogP contribution is -2.56. The molecule has 2 heterocycles. The first kappa shape index (κ1) is 18.0. The predicted octanol–water partition coefficient (Wildman–Crippen LogP) is 2.22. The minimum atomic E-state index is -0.132. The topological polar surface area (TPSA) is 57.0 Å². The Labute approximate surface area is 149 Å². The smallest absolute Gasteiger partial charge is 0.289 e. The third-order valence-corrected chi connectivity index (χ3v) is 5.71. The Morgan fingerprint density at radius 3 is 2.44 bits per heavy atom. The fourth-order valence-corrected chi connectivity index (χ4v) is 3.97. The minimum Gasteiger partial charge on any atom is -0.459 e. The van der Waals surface area contributed by atoms with Gasteiger partial charge in [0.2, 0.25) is 5.91 Å². The van der Waals surface area contributed by atoms with Crippen LogP contribution in [0.15, 0.2) is 22.8 Å². The van der Waals surface area contributed by atoms with Crippen LogP contribution in [0.2, 0.25) is 0 Å². The minimum absolute atomic E-state index is 0.0667. The lowest BCUT2D eigenvalue weighted by atomic mass is 9.94. The van der Waals surface area contributed by atoms with Crippen molar-refractivity contribution in [2.24, 2.45) is 0 Å². The molecule has 2 amide bonds. The lowest BCUT2D eigenvalue weighted by Gasteiger charge is -2.40. The fraction of sp³-hybridized carbons (Fsp3) is 0.684. The average molecular weight is 347 g/mol. The molecule has 1 unspecified atom stereocenters. The van der Waals surface area contributed by atoms with Crippen LogP contribution >= 0.6 is 0 Å². The van der Waals surface area contributed by atoms with Crippen molar-refractivity contribution in [3.63, 3.8) is 0 Å². The summed E-state index contributed by atoms with van der Waals surface area (Å²) in [6.45, 7) is 4.69. The van der Waals surface area contributed by atoms with Gasteiger partial charge >= 0.3 is 0 Å². The number of amides is 2. The van der Waals surface area contributed by atoms with Crippen LogP contribution in [0, 0.1) is 0 Å². The van der Waals surface area contributed by atoms with Gasteiger partial charge in [-0.2, -0.15) is 0 Å². The van der Waals surface area contributed by atoms with Crippen LogP contribution in [0.1, 0.15) is 49.6 Å². The van der Waals surface area contributed by atoms with E-state index < -0.39 is 0 Å². The molecule has 1 aromatic rings. The Morgan fingerprint density at radius 2 is 1.84 bits per heavy atom. The molecule has 0 bridgehead atoms. The van der Waals surface area contributed by atoms with Crippen LogP contribution in [0.25, 0.3) is 0 Å². The highest BCUT2D eigenvalue weighted by Gasteiger charge is 2.32. The molecule has 1 aromatic heterocycles. The zero-order valence-corrected chi connectivity index (χ0v) is 15.3. The molecule has 1 atom stereocenters. The van der Waals surface area contributed by atoms with Crippen molar-refractivity contribution in [2.75, 3.05) is 33.2 Å². The van der Waals surface area contributed by atoms with Crippen LogP contribution in [-0.2, 0) is 4.79 Å². The third kappa shape index (κ3) is 4.06. The summed E-state index contributed by atoms with van der Waals surface area (Å²) in [4.78, 5) is 31.1. The molecule has 6 heteroatoms.